The van der Waals surface area contributed by atoms with Gasteiger partial charge in [0.25, 0.3) is 0 Å². The van der Waals surface area contributed by atoms with E-state index in [0.29, 0.717) is 0 Å². The molecule has 1 aromatic carbocycles. The highest BCUT2D eigenvalue weighted by atomic mass is 16.5. The van der Waals surface area contributed by atoms with E-state index in [9.17, 15) is 19.8 Å². The second-order valence-corrected chi connectivity index (χ2v) is 5.05. The zero-order valence-corrected chi connectivity index (χ0v) is 11.5. The molecule has 0 saturated carbocycles. The SMILES string of the molecule is CC1(C(=O)O)C=CC=C(C(=O)O)C1OCc1ccccc1. The zero-order chi connectivity index (χ0) is 15.5. The van der Waals surface area contributed by atoms with Crippen molar-refractivity contribution < 1.29 is 24.5 Å². The molecule has 0 bridgehead atoms. The summed E-state index contributed by atoms with van der Waals surface area (Å²) in [6.07, 6.45) is 3.23. The molecule has 2 unspecified atom stereocenters. The normalized spacial score (nSPS) is 24.4. The van der Waals surface area contributed by atoms with Gasteiger partial charge in [0.1, 0.15) is 11.5 Å². The van der Waals surface area contributed by atoms with Crippen LogP contribution in [0.5, 0.6) is 0 Å². The topological polar surface area (TPSA) is 83.8 Å². The first-order valence-corrected chi connectivity index (χ1v) is 6.47. The summed E-state index contributed by atoms with van der Waals surface area (Å²) in [5, 5.41) is 18.7. The minimum Gasteiger partial charge on any atom is -0.481 e. The molecule has 0 radical (unpaired) electrons. The van der Waals surface area contributed by atoms with Crippen molar-refractivity contribution in [2.24, 2.45) is 5.41 Å². The second kappa shape index (κ2) is 5.93. The molecular weight excluding hydrogens is 272 g/mol. The number of carboxylic acid groups (broad SMARTS) is 2. The van der Waals surface area contributed by atoms with E-state index < -0.39 is 23.5 Å². The fraction of sp³-hybridized carbons (Fsp3) is 0.250. The Morgan fingerprint density at radius 2 is 1.90 bits per heavy atom. The standard InChI is InChI=1S/C16H16O5/c1-16(15(19)20)9-5-8-12(14(17)18)13(16)21-10-11-6-3-2-4-7-11/h2-9,13H,10H2,1H3,(H,17,18)(H,19,20). The van der Waals surface area contributed by atoms with Crippen molar-refractivity contribution in [3.63, 3.8) is 0 Å². The lowest BCUT2D eigenvalue weighted by Crippen LogP contribution is -2.44. The summed E-state index contributed by atoms with van der Waals surface area (Å²) in [7, 11) is 0. The van der Waals surface area contributed by atoms with Gasteiger partial charge in [-0.15, -0.1) is 0 Å². The number of aliphatic carboxylic acids is 2. The van der Waals surface area contributed by atoms with Crippen LogP contribution in [0, 0.1) is 5.41 Å². The number of carboxylic acids is 2. The first-order chi connectivity index (χ1) is 9.95. The maximum atomic E-state index is 11.5. The van der Waals surface area contributed by atoms with E-state index in [0.717, 1.165) is 5.56 Å². The van der Waals surface area contributed by atoms with Crippen molar-refractivity contribution in [3.05, 3.63) is 59.7 Å². The van der Waals surface area contributed by atoms with Gasteiger partial charge in [-0.25, -0.2) is 4.79 Å². The Balaban J connectivity index is 2.26. The molecule has 0 aliphatic heterocycles. The predicted octanol–water partition coefficient (Wildman–Crippen LogP) is 2.24. The molecule has 1 aliphatic carbocycles. The fourth-order valence-corrected chi connectivity index (χ4v) is 2.23. The van der Waals surface area contributed by atoms with Crippen LogP contribution in [0.3, 0.4) is 0 Å². The average molecular weight is 288 g/mol. The lowest BCUT2D eigenvalue weighted by Gasteiger charge is -2.33. The van der Waals surface area contributed by atoms with Crippen molar-refractivity contribution >= 4 is 11.9 Å². The number of hydrogen-bond donors (Lipinski definition) is 2. The Hall–Kier alpha value is -2.40. The van der Waals surface area contributed by atoms with Crippen molar-refractivity contribution in [1.29, 1.82) is 0 Å². The van der Waals surface area contributed by atoms with E-state index in [1.54, 1.807) is 0 Å². The van der Waals surface area contributed by atoms with Gasteiger partial charge in [-0.05, 0) is 18.6 Å². The lowest BCUT2D eigenvalue weighted by atomic mass is 9.77. The van der Waals surface area contributed by atoms with Gasteiger partial charge in [0.15, 0.2) is 0 Å². The van der Waals surface area contributed by atoms with Gasteiger partial charge in [0.2, 0.25) is 0 Å². The van der Waals surface area contributed by atoms with Crippen LogP contribution in [0.15, 0.2) is 54.1 Å². The molecule has 0 heterocycles. The zero-order valence-electron chi connectivity index (χ0n) is 11.5. The first kappa shape index (κ1) is 15.0. The molecule has 110 valence electrons. The molecule has 1 aromatic rings. The summed E-state index contributed by atoms with van der Waals surface area (Å²) in [5.41, 5.74) is -0.611. The number of ether oxygens (including phenoxy) is 1. The number of benzene rings is 1. The minimum absolute atomic E-state index is 0.0571. The maximum Gasteiger partial charge on any atom is 0.334 e. The third-order valence-corrected chi connectivity index (χ3v) is 3.51. The molecule has 2 atom stereocenters. The number of allylic oxidation sites excluding steroid dienone is 2. The second-order valence-electron chi connectivity index (χ2n) is 5.05. The van der Waals surface area contributed by atoms with E-state index in [4.69, 9.17) is 4.74 Å². The van der Waals surface area contributed by atoms with Gasteiger partial charge in [-0.3, -0.25) is 4.79 Å². The van der Waals surface area contributed by atoms with Crippen LogP contribution in [0.4, 0.5) is 0 Å². The molecule has 0 amide bonds. The Bertz CT molecular complexity index is 602. The maximum absolute atomic E-state index is 11.5. The predicted molar refractivity (Wildman–Crippen MR) is 75.6 cm³/mol. The minimum atomic E-state index is -1.41. The van der Waals surface area contributed by atoms with Gasteiger partial charge in [-0.1, -0.05) is 42.5 Å². The van der Waals surface area contributed by atoms with Crippen LogP contribution in [0.2, 0.25) is 0 Å². The highest BCUT2D eigenvalue weighted by Crippen LogP contribution is 2.35. The summed E-state index contributed by atoms with van der Waals surface area (Å²) in [6, 6.07) is 9.20. The number of rotatable bonds is 5. The van der Waals surface area contributed by atoms with E-state index in [-0.39, 0.29) is 12.2 Å². The van der Waals surface area contributed by atoms with Crippen molar-refractivity contribution in [3.8, 4) is 0 Å². The summed E-state index contributed by atoms with van der Waals surface area (Å²) < 4.78 is 5.64. The summed E-state index contributed by atoms with van der Waals surface area (Å²) in [4.78, 5) is 22.8. The van der Waals surface area contributed by atoms with Gasteiger partial charge in [0.05, 0.1) is 12.2 Å². The molecule has 0 spiro atoms. The molecule has 0 saturated heterocycles. The van der Waals surface area contributed by atoms with Gasteiger partial charge < -0.3 is 14.9 Å². The van der Waals surface area contributed by atoms with Gasteiger partial charge in [0, 0.05) is 0 Å². The van der Waals surface area contributed by atoms with Crippen LogP contribution in [0.1, 0.15) is 12.5 Å². The van der Waals surface area contributed by atoms with Crippen LogP contribution in [0.25, 0.3) is 0 Å². The molecule has 21 heavy (non-hydrogen) atoms. The number of hydrogen-bond acceptors (Lipinski definition) is 3. The molecule has 2 N–H and O–H groups in total. The lowest BCUT2D eigenvalue weighted by molar-refractivity contribution is -0.153. The Morgan fingerprint density at radius 3 is 2.48 bits per heavy atom. The van der Waals surface area contributed by atoms with E-state index in [1.165, 1.54) is 25.2 Å². The van der Waals surface area contributed by atoms with Gasteiger partial charge in [-0.2, -0.15) is 0 Å². The highest BCUT2D eigenvalue weighted by molar-refractivity contribution is 5.92. The molecule has 5 heteroatoms. The Kier molecular flexibility index (Phi) is 4.23. The molecule has 1 aliphatic rings. The molecular formula is C16H16O5. The third kappa shape index (κ3) is 3.03. The average Bonchev–Trinajstić information content (AvgIpc) is 2.46. The van der Waals surface area contributed by atoms with Crippen molar-refractivity contribution in [1.82, 2.24) is 0 Å². The number of carbonyl (C=O) groups is 2. The van der Waals surface area contributed by atoms with E-state index in [2.05, 4.69) is 0 Å². The van der Waals surface area contributed by atoms with Crippen molar-refractivity contribution in [2.45, 2.75) is 19.6 Å². The molecule has 0 fully saturated rings. The third-order valence-electron chi connectivity index (χ3n) is 3.51. The first-order valence-electron chi connectivity index (χ1n) is 6.47. The van der Waals surface area contributed by atoms with Crippen LogP contribution >= 0.6 is 0 Å². The largest absolute Gasteiger partial charge is 0.481 e. The Labute approximate surface area is 122 Å². The monoisotopic (exact) mass is 288 g/mol. The molecule has 0 aromatic heterocycles. The molecule has 2 rings (SSSR count). The summed E-state index contributed by atoms with van der Waals surface area (Å²) in [5.74, 6) is -2.30. The smallest absolute Gasteiger partial charge is 0.334 e. The van der Waals surface area contributed by atoms with Crippen molar-refractivity contribution in [2.75, 3.05) is 0 Å². The molecule has 5 nitrogen and oxygen atoms in total. The van der Waals surface area contributed by atoms with Crippen LogP contribution < -0.4 is 0 Å². The fourth-order valence-electron chi connectivity index (χ4n) is 2.23. The van der Waals surface area contributed by atoms with E-state index in [1.807, 2.05) is 30.3 Å². The highest BCUT2D eigenvalue weighted by Gasteiger charge is 2.45. The van der Waals surface area contributed by atoms with Crippen LogP contribution in [-0.2, 0) is 20.9 Å². The van der Waals surface area contributed by atoms with E-state index >= 15 is 0 Å². The van der Waals surface area contributed by atoms with Gasteiger partial charge >= 0.3 is 11.9 Å². The Morgan fingerprint density at radius 1 is 1.24 bits per heavy atom. The summed E-state index contributed by atoms with van der Waals surface area (Å²) in [6.45, 7) is 1.60. The van der Waals surface area contributed by atoms with Crippen LogP contribution in [-0.4, -0.2) is 28.3 Å². The summed E-state index contributed by atoms with van der Waals surface area (Å²) >= 11 is 0. The quantitative estimate of drug-likeness (QED) is 0.868.